The molecule has 0 aliphatic heterocycles. The van der Waals surface area contributed by atoms with E-state index in [9.17, 15) is 9.59 Å². The molecular formula is C23H29NO5. The predicted molar refractivity (Wildman–Crippen MR) is 113 cm³/mol. The Hall–Kier alpha value is -3.02. The first kappa shape index (κ1) is 22.3. The molecule has 1 amide bonds. The SMILES string of the molecule is CCOc1cc(C(=O)OCC(=O)Nc2cccc(C)c2C)ccc1OCC(C)C. The van der Waals surface area contributed by atoms with Crippen LogP contribution in [-0.2, 0) is 9.53 Å². The first-order chi connectivity index (χ1) is 13.8. The number of esters is 1. The number of benzene rings is 2. The lowest BCUT2D eigenvalue weighted by molar-refractivity contribution is -0.119. The number of hydrogen-bond donors (Lipinski definition) is 1. The molecule has 0 aliphatic rings. The van der Waals surface area contributed by atoms with Gasteiger partial charge < -0.3 is 19.5 Å². The molecule has 0 spiro atoms. The van der Waals surface area contributed by atoms with Crippen molar-refractivity contribution in [1.82, 2.24) is 0 Å². The van der Waals surface area contributed by atoms with Gasteiger partial charge in [-0.2, -0.15) is 0 Å². The molecule has 0 radical (unpaired) electrons. The van der Waals surface area contributed by atoms with Gasteiger partial charge >= 0.3 is 5.97 Å². The highest BCUT2D eigenvalue weighted by Crippen LogP contribution is 2.29. The Morgan fingerprint density at radius 1 is 1.03 bits per heavy atom. The minimum absolute atomic E-state index is 0.296. The average Bonchev–Trinajstić information content (AvgIpc) is 2.68. The fraction of sp³-hybridized carbons (Fsp3) is 0.391. The quantitative estimate of drug-likeness (QED) is 0.627. The Bertz CT molecular complexity index is 860. The average molecular weight is 399 g/mol. The molecular weight excluding hydrogens is 370 g/mol. The molecule has 0 saturated carbocycles. The number of carbonyl (C=O) groups is 2. The van der Waals surface area contributed by atoms with Gasteiger partial charge in [0.15, 0.2) is 18.1 Å². The summed E-state index contributed by atoms with van der Waals surface area (Å²) < 4.78 is 16.5. The fourth-order valence-electron chi connectivity index (χ4n) is 2.57. The minimum Gasteiger partial charge on any atom is -0.490 e. The fourth-order valence-corrected chi connectivity index (χ4v) is 2.57. The van der Waals surface area contributed by atoms with Crippen LogP contribution in [0.1, 0.15) is 42.3 Å². The molecule has 0 aromatic heterocycles. The minimum atomic E-state index is -0.600. The molecule has 0 bridgehead atoms. The summed E-state index contributed by atoms with van der Waals surface area (Å²) in [6.45, 7) is 10.5. The molecule has 156 valence electrons. The third-order valence-corrected chi connectivity index (χ3v) is 4.26. The van der Waals surface area contributed by atoms with Crippen LogP contribution in [-0.4, -0.2) is 31.7 Å². The summed E-state index contributed by atoms with van der Waals surface area (Å²) in [5, 5.41) is 2.77. The van der Waals surface area contributed by atoms with E-state index in [4.69, 9.17) is 14.2 Å². The third-order valence-electron chi connectivity index (χ3n) is 4.26. The molecule has 0 heterocycles. The summed E-state index contributed by atoms with van der Waals surface area (Å²) in [7, 11) is 0. The van der Waals surface area contributed by atoms with Gasteiger partial charge in [-0.05, 0) is 62.1 Å². The Balaban J connectivity index is 1.99. The van der Waals surface area contributed by atoms with Gasteiger partial charge in [0, 0.05) is 5.69 Å². The number of ether oxygens (including phenoxy) is 3. The van der Waals surface area contributed by atoms with Crippen molar-refractivity contribution in [2.75, 3.05) is 25.1 Å². The Morgan fingerprint density at radius 2 is 1.79 bits per heavy atom. The van der Waals surface area contributed by atoms with Crippen LogP contribution in [0.2, 0.25) is 0 Å². The molecule has 1 N–H and O–H groups in total. The maximum Gasteiger partial charge on any atom is 0.338 e. The van der Waals surface area contributed by atoms with Crippen LogP contribution in [0.25, 0.3) is 0 Å². The first-order valence-corrected chi connectivity index (χ1v) is 9.74. The van der Waals surface area contributed by atoms with Crippen molar-refractivity contribution in [3.05, 3.63) is 53.1 Å². The molecule has 2 rings (SSSR count). The predicted octanol–water partition coefficient (Wildman–Crippen LogP) is 4.53. The van der Waals surface area contributed by atoms with Crippen molar-refractivity contribution in [2.45, 2.75) is 34.6 Å². The monoisotopic (exact) mass is 399 g/mol. The van der Waals surface area contributed by atoms with Gasteiger partial charge in [0.25, 0.3) is 5.91 Å². The highest BCUT2D eigenvalue weighted by Gasteiger charge is 2.15. The van der Waals surface area contributed by atoms with E-state index in [0.717, 1.165) is 11.1 Å². The van der Waals surface area contributed by atoms with Crippen molar-refractivity contribution in [2.24, 2.45) is 5.92 Å². The van der Waals surface area contributed by atoms with E-state index in [0.29, 0.717) is 41.9 Å². The van der Waals surface area contributed by atoms with Crippen molar-refractivity contribution in [3.63, 3.8) is 0 Å². The van der Waals surface area contributed by atoms with Gasteiger partial charge in [-0.1, -0.05) is 26.0 Å². The number of anilines is 1. The summed E-state index contributed by atoms with van der Waals surface area (Å²) in [6, 6.07) is 10.5. The van der Waals surface area contributed by atoms with E-state index in [2.05, 4.69) is 19.2 Å². The number of amides is 1. The lowest BCUT2D eigenvalue weighted by Gasteiger charge is -2.14. The lowest BCUT2D eigenvalue weighted by Crippen LogP contribution is -2.21. The van der Waals surface area contributed by atoms with Crippen LogP contribution in [0.15, 0.2) is 36.4 Å². The maximum absolute atomic E-state index is 12.4. The third kappa shape index (κ3) is 6.52. The number of nitrogens with one attached hydrogen (secondary N) is 1. The van der Waals surface area contributed by atoms with Gasteiger partial charge in [0.05, 0.1) is 18.8 Å². The van der Waals surface area contributed by atoms with E-state index in [1.165, 1.54) is 0 Å². The molecule has 6 nitrogen and oxygen atoms in total. The largest absolute Gasteiger partial charge is 0.490 e. The van der Waals surface area contributed by atoms with Crippen molar-refractivity contribution in [3.8, 4) is 11.5 Å². The van der Waals surface area contributed by atoms with E-state index in [1.54, 1.807) is 18.2 Å². The number of carbonyl (C=O) groups excluding carboxylic acids is 2. The summed E-state index contributed by atoms with van der Waals surface area (Å²) in [5.74, 6) is 0.420. The molecule has 0 saturated heterocycles. The second-order valence-electron chi connectivity index (χ2n) is 7.17. The van der Waals surface area contributed by atoms with Crippen LogP contribution >= 0.6 is 0 Å². The zero-order valence-corrected chi connectivity index (χ0v) is 17.7. The zero-order chi connectivity index (χ0) is 21.4. The number of aryl methyl sites for hydroxylation is 1. The van der Waals surface area contributed by atoms with Gasteiger partial charge in [0.1, 0.15) is 0 Å². The van der Waals surface area contributed by atoms with Crippen molar-refractivity contribution in [1.29, 1.82) is 0 Å². The van der Waals surface area contributed by atoms with E-state index in [1.807, 2.05) is 39.0 Å². The molecule has 0 atom stereocenters. The molecule has 2 aromatic rings. The second kappa shape index (κ2) is 10.5. The van der Waals surface area contributed by atoms with Gasteiger partial charge in [-0.3, -0.25) is 4.79 Å². The molecule has 2 aromatic carbocycles. The van der Waals surface area contributed by atoms with Crippen LogP contribution in [0.5, 0.6) is 11.5 Å². The summed E-state index contributed by atoms with van der Waals surface area (Å²) >= 11 is 0. The van der Waals surface area contributed by atoms with Gasteiger partial charge in [-0.25, -0.2) is 4.79 Å². The lowest BCUT2D eigenvalue weighted by atomic mass is 10.1. The Labute approximate surface area is 172 Å². The standard InChI is InChI=1S/C23H29NO5/c1-6-27-21-12-18(10-11-20(21)28-13-15(2)3)23(26)29-14-22(25)24-19-9-7-8-16(4)17(19)5/h7-12,15H,6,13-14H2,1-5H3,(H,24,25). The first-order valence-electron chi connectivity index (χ1n) is 9.74. The van der Waals surface area contributed by atoms with Crippen LogP contribution < -0.4 is 14.8 Å². The highest BCUT2D eigenvalue weighted by molar-refractivity contribution is 5.96. The molecule has 0 unspecified atom stereocenters. The maximum atomic E-state index is 12.4. The molecule has 29 heavy (non-hydrogen) atoms. The van der Waals surface area contributed by atoms with E-state index < -0.39 is 11.9 Å². The van der Waals surface area contributed by atoms with Crippen molar-refractivity contribution < 1.29 is 23.8 Å². The molecule has 0 fully saturated rings. The summed E-state index contributed by atoms with van der Waals surface area (Å²) in [6.07, 6.45) is 0. The smallest absolute Gasteiger partial charge is 0.338 e. The normalized spacial score (nSPS) is 10.6. The Kier molecular flexibility index (Phi) is 8.07. The topological polar surface area (TPSA) is 73.9 Å². The van der Waals surface area contributed by atoms with Gasteiger partial charge in [0.2, 0.25) is 0 Å². The molecule has 0 aliphatic carbocycles. The van der Waals surface area contributed by atoms with E-state index >= 15 is 0 Å². The second-order valence-corrected chi connectivity index (χ2v) is 7.17. The highest BCUT2D eigenvalue weighted by atomic mass is 16.5. The van der Waals surface area contributed by atoms with Crippen LogP contribution in [0, 0.1) is 19.8 Å². The van der Waals surface area contributed by atoms with Crippen LogP contribution in [0.3, 0.4) is 0 Å². The number of hydrogen-bond acceptors (Lipinski definition) is 5. The van der Waals surface area contributed by atoms with Crippen LogP contribution in [0.4, 0.5) is 5.69 Å². The Morgan fingerprint density at radius 3 is 2.48 bits per heavy atom. The molecule has 6 heteroatoms. The van der Waals surface area contributed by atoms with Gasteiger partial charge in [-0.15, -0.1) is 0 Å². The van der Waals surface area contributed by atoms with E-state index in [-0.39, 0.29) is 6.61 Å². The number of rotatable bonds is 9. The summed E-state index contributed by atoms with van der Waals surface area (Å²) in [4.78, 5) is 24.5. The zero-order valence-electron chi connectivity index (χ0n) is 17.7. The van der Waals surface area contributed by atoms with Crippen molar-refractivity contribution >= 4 is 17.6 Å². The summed E-state index contributed by atoms with van der Waals surface area (Å²) in [5.41, 5.74) is 3.05.